The van der Waals surface area contributed by atoms with Crippen molar-refractivity contribution in [2.24, 2.45) is 0 Å². The van der Waals surface area contributed by atoms with E-state index in [1.165, 1.54) is 0 Å². The Labute approximate surface area is 93.3 Å². The Bertz CT molecular complexity index is 506. The van der Waals surface area contributed by atoms with Crippen LogP contribution in [0.5, 0.6) is 5.75 Å². The van der Waals surface area contributed by atoms with Gasteiger partial charge in [0.1, 0.15) is 5.75 Å². The molecule has 0 fully saturated rings. The van der Waals surface area contributed by atoms with Crippen molar-refractivity contribution in [1.29, 1.82) is 0 Å². The molecular formula is C13H11NO2. The molecule has 0 aliphatic heterocycles. The number of hydrogen-bond acceptors (Lipinski definition) is 2. The first-order valence-electron chi connectivity index (χ1n) is 4.92. The van der Waals surface area contributed by atoms with Crippen LogP contribution in [0.4, 0.5) is 0 Å². The summed E-state index contributed by atoms with van der Waals surface area (Å²) in [6, 6.07) is 15.9. The normalized spacial score (nSPS) is 11.4. The summed E-state index contributed by atoms with van der Waals surface area (Å²) in [5, 5.41) is 22.5. The molecule has 2 aromatic rings. The lowest BCUT2D eigenvalue weighted by atomic mass is 10.0. The van der Waals surface area contributed by atoms with E-state index in [1.807, 2.05) is 35.5 Å². The molecule has 0 spiro atoms. The minimum atomic E-state index is 0.0877. The van der Waals surface area contributed by atoms with E-state index in [0.717, 1.165) is 5.56 Å². The van der Waals surface area contributed by atoms with Gasteiger partial charge in [0, 0.05) is 5.56 Å². The molecule has 0 atom stereocenters. The van der Waals surface area contributed by atoms with E-state index in [9.17, 15) is 10.3 Å². The number of phenolic OH excluding ortho intramolecular Hbond substituents is 1. The highest BCUT2D eigenvalue weighted by Gasteiger charge is 2.14. The van der Waals surface area contributed by atoms with Crippen LogP contribution in [0.2, 0.25) is 0 Å². The fourth-order valence-corrected chi connectivity index (χ4v) is 1.56. The lowest BCUT2D eigenvalue weighted by Gasteiger charge is -2.04. The van der Waals surface area contributed by atoms with E-state index in [4.69, 9.17) is 0 Å². The van der Waals surface area contributed by atoms with Crippen molar-refractivity contribution in [3.8, 4) is 5.75 Å². The average molecular weight is 213 g/mol. The summed E-state index contributed by atoms with van der Waals surface area (Å²) in [6.07, 6.45) is 0. The maximum atomic E-state index is 11.0. The summed E-state index contributed by atoms with van der Waals surface area (Å²) >= 11 is 0. The van der Waals surface area contributed by atoms with E-state index in [1.54, 1.807) is 24.3 Å². The largest absolute Gasteiger partial charge is 0.625 e. The number of aromatic hydroxyl groups is 1. The fourth-order valence-electron chi connectivity index (χ4n) is 1.56. The van der Waals surface area contributed by atoms with Gasteiger partial charge in [-0.05, 0) is 24.3 Å². The van der Waals surface area contributed by atoms with Gasteiger partial charge < -0.3 is 10.3 Å². The molecule has 0 saturated carbocycles. The summed E-state index contributed by atoms with van der Waals surface area (Å²) in [7, 11) is 0. The first kappa shape index (κ1) is 10.2. The molecule has 2 aromatic carbocycles. The lowest BCUT2D eigenvalue weighted by Crippen LogP contribution is -2.66. The monoisotopic (exact) mass is 213 g/mol. The topological polar surface area (TPSA) is 57.3 Å². The third-order valence-electron chi connectivity index (χ3n) is 2.34. The van der Waals surface area contributed by atoms with Gasteiger partial charge in [-0.25, -0.2) is 5.16 Å². The van der Waals surface area contributed by atoms with Crippen molar-refractivity contribution < 1.29 is 10.3 Å². The summed E-state index contributed by atoms with van der Waals surface area (Å²) in [4.78, 5) is 0. The molecule has 80 valence electrons. The van der Waals surface area contributed by atoms with Crippen molar-refractivity contribution in [1.82, 2.24) is 0 Å². The third kappa shape index (κ3) is 1.88. The molecule has 0 aliphatic carbocycles. The maximum absolute atomic E-state index is 11.0. The van der Waals surface area contributed by atoms with Gasteiger partial charge in [0.05, 0.1) is 5.56 Å². The summed E-state index contributed by atoms with van der Waals surface area (Å²) in [5.41, 5.74) is 1.63. The SMILES string of the molecule is [O-][NH+]=C(c1ccccc1)c1ccccc1O. The molecule has 0 unspecified atom stereocenters. The smallest absolute Gasteiger partial charge is 0.227 e. The van der Waals surface area contributed by atoms with Crippen molar-refractivity contribution in [3.05, 3.63) is 70.9 Å². The Kier molecular flexibility index (Phi) is 2.87. The molecule has 0 saturated heterocycles. The van der Waals surface area contributed by atoms with Crippen LogP contribution < -0.4 is 5.16 Å². The fraction of sp³-hybridized carbons (Fsp3) is 0. The molecule has 16 heavy (non-hydrogen) atoms. The molecule has 0 radical (unpaired) electrons. The first-order valence-corrected chi connectivity index (χ1v) is 4.92. The molecular weight excluding hydrogens is 202 g/mol. The standard InChI is InChI=1S/C13H11NO2/c15-12-9-5-4-8-11(12)13(14-16)10-6-2-1-3-7-10/h1-9,14H,(H-,15,16). The zero-order valence-electron chi connectivity index (χ0n) is 8.55. The molecule has 0 amide bonds. The summed E-state index contributed by atoms with van der Waals surface area (Å²) < 4.78 is 0. The maximum Gasteiger partial charge on any atom is 0.227 e. The van der Waals surface area contributed by atoms with Crippen molar-refractivity contribution in [2.45, 2.75) is 0 Å². The van der Waals surface area contributed by atoms with Gasteiger partial charge in [0.2, 0.25) is 5.71 Å². The Hall–Kier alpha value is -2.29. The number of rotatable bonds is 2. The third-order valence-corrected chi connectivity index (χ3v) is 2.34. The second kappa shape index (κ2) is 4.49. The van der Waals surface area contributed by atoms with E-state index in [-0.39, 0.29) is 5.75 Å². The Morgan fingerprint density at radius 1 is 0.938 bits per heavy atom. The molecule has 0 bridgehead atoms. The quantitative estimate of drug-likeness (QED) is 0.440. The molecule has 3 heteroatoms. The van der Waals surface area contributed by atoms with Crippen LogP contribution >= 0.6 is 0 Å². The Morgan fingerprint density at radius 3 is 2.19 bits per heavy atom. The lowest BCUT2D eigenvalue weighted by molar-refractivity contribution is -0.371. The minimum Gasteiger partial charge on any atom is -0.625 e. The number of phenols is 1. The van der Waals surface area contributed by atoms with Crippen molar-refractivity contribution in [3.63, 3.8) is 0 Å². The van der Waals surface area contributed by atoms with Crippen molar-refractivity contribution >= 4 is 5.71 Å². The van der Waals surface area contributed by atoms with Gasteiger partial charge in [-0.2, -0.15) is 0 Å². The highest BCUT2D eigenvalue weighted by Crippen LogP contribution is 2.18. The van der Waals surface area contributed by atoms with Gasteiger partial charge in [-0.3, -0.25) is 0 Å². The van der Waals surface area contributed by atoms with E-state index >= 15 is 0 Å². The molecule has 0 aromatic heterocycles. The minimum absolute atomic E-state index is 0.0877. The predicted molar refractivity (Wildman–Crippen MR) is 62.1 cm³/mol. The molecule has 3 nitrogen and oxygen atoms in total. The highest BCUT2D eigenvalue weighted by molar-refractivity contribution is 6.10. The van der Waals surface area contributed by atoms with Gasteiger partial charge in [0.15, 0.2) is 0 Å². The van der Waals surface area contributed by atoms with Crippen LogP contribution in [0, 0.1) is 5.21 Å². The second-order valence-corrected chi connectivity index (χ2v) is 3.36. The second-order valence-electron chi connectivity index (χ2n) is 3.36. The first-order chi connectivity index (χ1) is 7.83. The van der Waals surface area contributed by atoms with Crippen molar-refractivity contribution in [2.75, 3.05) is 0 Å². The number of hydrogen-bond donors (Lipinski definition) is 2. The number of benzene rings is 2. The molecule has 2 rings (SSSR count). The molecule has 2 N–H and O–H groups in total. The van der Waals surface area contributed by atoms with Crippen LogP contribution in [0.15, 0.2) is 54.6 Å². The zero-order valence-corrected chi connectivity index (χ0v) is 8.55. The van der Waals surface area contributed by atoms with Crippen LogP contribution in [0.3, 0.4) is 0 Å². The number of nitrogens with one attached hydrogen (secondary N) is 1. The van der Waals surface area contributed by atoms with Crippen LogP contribution in [-0.4, -0.2) is 10.8 Å². The van der Waals surface area contributed by atoms with Gasteiger partial charge >= 0.3 is 0 Å². The number of para-hydroxylation sites is 1. The van der Waals surface area contributed by atoms with Gasteiger partial charge in [0.25, 0.3) is 0 Å². The summed E-state index contributed by atoms with van der Waals surface area (Å²) in [6.45, 7) is 0. The predicted octanol–water partition coefficient (Wildman–Crippen LogP) is 0.808. The summed E-state index contributed by atoms with van der Waals surface area (Å²) in [5.74, 6) is 0.0877. The Balaban J connectivity index is 2.51. The molecule has 0 aliphatic rings. The highest BCUT2D eigenvalue weighted by atomic mass is 16.4. The van der Waals surface area contributed by atoms with E-state index in [0.29, 0.717) is 11.3 Å². The average Bonchev–Trinajstić information content (AvgIpc) is 2.34. The van der Waals surface area contributed by atoms with Crippen LogP contribution in [0.1, 0.15) is 11.1 Å². The van der Waals surface area contributed by atoms with Crippen LogP contribution in [0.25, 0.3) is 0 Å². The van der Waals surface area contributed by atoms with Gasteiger partial charge in [-0.1, -0.05) is 30.3 Å². The zero-order chi connectivity index (χ0) is 11.4. The Morgan fingerprint density at radius 2 is 1.56 bits per heavy atom. The van der Waals surface area contributed by atoms with Gasteiger partial charge in [-0.15, -0.1) is 0 Å². The van der Waals surface area contributed by atoms with E-state index < -0.39 is 0 Å². The van der Waals surface area contributed by atoms with E-state index in [2.05, 4.69) is 0 Å². The molecule has 0 heterocycles. The van der Waals surface area contributed by atoms with Crippen LogP contribution in [-0.2, 0) is 0 Å².